The summed E-state index contributed by atoms with van der Waals surface area (Å²) in [5.74, 6) is -0.345. The zero-order valence-electron chi connectivity index (χ0n) is 21.3. The van der Waals surface area contributed by atoms with E-state index in [1.54, 1.807) is 13.8 Å². The van der Waals surface area contributed by atoms with Gasteiger partial charge < -0.3 is 4.74 Å². The minimum Gasteiger partial charge on any atom is -0.443 e. The summed E-state index contributed by atoms with van der Waals surface area (Å²) in [4.78, 5) is 28.6. The van der Waals surface area contributed by atoms with E-state index in [2.05, 4.69) is 11.9 Å². The molecule has 11 heteroatoms. The third-order valence-corrected chi connectivity index (χ3v) is 5.93. The number of benzene rings is 2. The summed E-state index contributed by atoms with van der Waals surface area (Å²) < 4.78 is 46.8. The molecular formula is C26H28Cl2F3N3O3. The van der Waals surface area contributed by atoms with E-state index in [4.69, 9.17) is 27.9 Å². The topological polar surface area (TPSA) is 65.6 Å². The zero-order valence-corrected chi connectivity index (χ0v) is 22.8. The second-order valence-corrected chi connectivity index (χ2v) is 9.32. The molecule has 0 spiro atoms. The van der Waals surface area contributed by atoms with Crippen molar-refractivity contribution in [3.63, 3.8) is 0 Å². The van der Waals surface area contributed by atoms with Gasteiger partial charge in [0, 0.05) is 25.0 Å². The maximum Gasteiger partial charge on any atom is 0.417 e. The lowest BCUT2D eigenvalue weighted by molar-refractivity contribution is -0.137. The number of alkyl halides is 3. The van der Waals surface area contributed by atoms with Crippen LogP contribution in [0.25, 0.3) is 0 Å². The van der Waals surface area contributed by atoms with E-state index in [-0.39, 0.29) is 28.9 Å². The molecule has 1 aromatic heterocycles. The van der Waals surface area contributed by atoms with Gasteiger partial charge in [-0.1, -0.05) is 56.1 Å². The van der Waals surface area contributed by atoms with Crippen LogP contribution >= 0.6 is 23.2 Å². The number of hydrogen-bond donors (Lipinski definition) is 0. The molecule has 0 radical (unpaired) electrons. The quantitative estimate of drug-likeness (QED) is 0.264. The van der Waals surface area contributed by atoms with Gasteiger partial charge in [-0.15, -0.1) is 0 Å². The van der Waals surface area contributed by atoms with E-state index in [1.165, 1.54) is 37.2 Å². The second-order valence-electron chi connectivity index (χ2n) is 8.48. The number of nitrogens with zero attached hydrogens (tertiary/aromatic N) is 3. The first-order valence-electron chi connectivity index (χ1n) is 11.3. The summed E-state index contributed by atoms with van der Waals surface area (Å²) in [5.41, 5.74) is -0.594. The fourth-order valence-electron chi connectivity index (χ4n) is 3.16. The van der Waals surface area contributed by atoms with Crippen molar-refractivity contribution in [3.05, 3.63) is 90.0 Å². The first-order chi connectivity index (χ1) is 17.2. The smallest absolute Gasteiger partial charge is 0.417 e. The lowest BCUT2D eigenvalue weighted by atomic mass is 10.2. The Morgan fingerprint density at radius 3 is 2.14 bits per heavy atom. The Morgan fingerprint density at radius 2 is 1.62 bits per heavy atom. The Labute approximate surface area is 222 Å². The minimum absolute atomic E-state index is 0.0433. The molecule has 0 aliphatic rings. The first kappa shape index (κ1) is 30.2. The Balaban J connectivity index is 0.000000449. The molecule has 0 bridgehead atoms. The lowest BCUT2D eigenvalue weighted by Gasteiger charge is -2.16. The third-order valence-electron chi connectivity index (χ3n) is 5.35. The molecule has 6 nitrogen and oxygen atoms in total. The van der Waals surface area contributed by atoms with Crippen LogP contribution in [0.5, 0.6) is 5.75 Å². The first-order valence-corrected chi connectivity index (χ1v) is 12.1. The number of ether oxygens (including phenoxy) is 1. The fourth-order valence-corrected chi connectivity index (χ4v) is 3.51. The van der Waals surface area contributed by atoms with Crippen LogP contribution in [0.3, 0.4) is 0 Å². The maximum absolute atomic E-state index is 13.1. The molecule has 2 aromatic carbocycles. The zero-order chi connectivity index (χ0) is 28.1. The van der Waals surface area contributed by atoms with Gasteiger partial charge in [0.1, 0.15) is 11.6 Å². The van der Waals surface area contributed by atoms with Crippen LogP contribution in [0.4, 0.5) is 19.0 Å². The van der Waals surface area contributed by atoms with Crippen LogP contribution in [0.1, 0.15) is 37.5 Å². The third kappa shape index (κ3) is 7.72. The Bertz CT molecular complexity index is 1360. The molecule has 3 rings (SSSR count). The van der Waals surface area contributed by atoms with Crippen LogP contribution in [0.15, 0.2) is 57.0 Å². The summed E-state index contributed by atoms with van der Waals surface area (Å²) >= 11 is 11.3. The van der Waals surface area contributed by atoms with Crippen molar-refractivity contribution in [3.8, 4) is 5.75 Å². The molecule has 0 saturated carbocycles. The highest BCUT2D eigenvalue weighted by molar-refractivity contribution is 6.31. The maximum atomic E-state index is 13.1. The normalized spacial score (nSPS) is 11.8. The van der Waals surface area contributed by atoms with Crippen molar-refractivity contribution in [2.75, 3.05) is 0 Å². The molecule has 0 fully saturated rings. The van der Waals surface area contributed by atoms with Crippen molar-refractivity contribution < 1.29 is 17.9 Å². The van der Waals surface area contributed by atoms with E-state index >= 15 is 0 Å². The van der Waals surface area contributed by atoms with E-state index in [9.17, 15) is 22.8 Å². The molecule has 3 aromatic rings. The molecular weight excluding hydrogens is 530 g/mol. The highest BCUT2D eigenvalue weighted by Gasteiger charge is 2.33. The van der Waals surface area contributed by atoms with Crippen molar-refractivity contribution >= 4 is 34.9 Å². The number of halogens is 5. The van der Waals surface area contributed by atoms with Crippen molar-refractivity contribution in [2.24, 2.45) is 25.0 Å². The number of hydrogen-bond acceptors (Lipinski definition) is 4. The second kappa shape index (κ2) is 12.5. The average molecular weight is 558 g/mol. The predicted molar refractivity (Wildman–Crippen MR) is 142 cm³/mol. The summed E-state index contributed by atoms with van der Waals surface area (Å²) in [6.45, 7) is 7.06. The van der Waals surface area contributed by atoms with Gasteiger partial charge >= 0.3 is 11.9 Å². The van der Waals surface area contributed by atoms with Crippen LogP contribution in [0.2, 0.25) is 10.0 Å². The number of aliphatic imine (C=N–C) groups is 1. The summed E-state index contributed by atoms with van der Waals surface area (Å²) in [7, 11) is 2.78. The van der Waals surface area contributed by atoms with E-state index in [0.29, 0.717) is 0 Å². The van der Waals surface area contributed by atoms with Crippen LogP contribution in [-0.4, -0.2) is 15.0 Å². The van der Waals surface area contributed by atoms with Gasteiger partial charge in [-0.05, 0) is 49.2 Å². The molecule has 0 unspecified atom stereocenters. The molecule has 0 saturated heterocycles. The van der Waals surface area contributed by atoms with Gasteiger partial charge in [-0.2, -0.15) is 18.2 Å². The van der Waals surface area contributed by atoms with Crippen molar-refractivity contribution in [2.45, 2.75) is 40.3 Å². The van der Waals surface area contributed by atoms with Gasteiger partial charge in [0.05, 0.1) is 16.1 Å². The SMILES string of the molecule is CCc1ccc(Cl)cc1.Cc1c(/N=C(/Oc2ccc(Cl)c(C(F)(F)F)c2)C(C)C)n(C)c(=O)n(C)c1=O. The van der Waals surface area contributed by atoms with Gasteiger partial charge in [-0.25, -0.2) is 4.79 Å². The molecule has 1 heterocycles. The summed E-state index contributed by atoms with van der Waals surface area (Å²) in [5, 5.41) is 0.361. The van der Waals surface area contributed by atoms with Gasteiger partial charge in [0.2, 0.25) is 0 Å². The summed E-state index contributed by atoms with van der Waals surface area (Å²) in [6.07, 6.45) is -3.56. The Hall–Kier alpha value is -3.04. The number of aryl methyl sites for hydroxylation is 1. The standard InChI is InChI=1S/C18H19ClF3N3O3.C8H9Cl/c1-9(2)15(23-14-10(3)16(26)25(5)17(27)24(14)4)28-11-6-7-13(19)12(8-11)18(20,21)22;1-2-7-3-5-8(9)6-4-7/h6-9H,1-5H3;3-6H,2H2,1H3/b23-15+;. The van der Waals surface area contributed by atoms with Crippen LogP contribution in [-0.2, 0) is 26.7 Å². The predicted octanol–water partition coefficient (Wildman–Crippen LogP) is 6.73. The largest absolute Gasteiger partial charge is 0.443 e. The van der Waals surface area contributed by atoms with E-state index < -0.39 is 28.0 Å². The monoisotopic (exact) mass is 557 g/mol. The Morgan fingerprint density at radius 1 is 1.03 bits per heavy atom. The number of rotatable bonds is 4. The molecule has 0 N–H and O–H groups in total. The molecule has 37 heavy (non-hydrogen) atoms. The molecule has 200 valence electrons. The minimum atomic E-state index is -4.64. The van der Waals surface area contributed by atoms with Crippen molar-refractivity contribution in [1.82, 2.24) is 9.13 Å². The van der Waals surface area contributed by atoms with Crippen molar-refractivity contribution in [1.29, 1.82) is 0 Å². The molecule has 0 atom stereocenters. The average Bonchev–Trinajstić information content (AvgIpc) is 2.84. The van der Waals surface area contributed by atoms with E-state index in [0.717, 1.165) is 28.1 Å². The van der Waals surface area contributed by atoms with Crippen LogP contribution in [0, 0.1) is 12.8 Å². The van der Waals surface area contributed by atoms with Gasteiger partial charge in [0.15, 0.2) is 5.90 Å². The van der Waals surface area contributed by atoms with Gasteiger partial charge in [0.25, 0.3) is 5.56 Å². The molecule has 0 amide bonds. The molecule has 0 aliphatic heterocycles. The summed E-state index contributed by atoms with van der Waals surface area (Å²) in [6, 6.07) is 11.1. The van der Waals surface area contributed by atoms with Crippen LogP contribution < -0.4 is 16.0 Å². The Kier molecular flexibility index (Phi) is 10.2. The molecule has 0 aliphatic carbocycles. The lowest BCUT2D eigenvalue weighted by Crippen LogP contribution is -2.38. The van der Waals surface area contributed by atoms with Gasteiger partial charge in [-0.3, -0.25) is 13.9 Å². The van der Waals surface area contributed by atoms with E-state index in [1.807, 2.05) is 24.3 Å². The highest BCUT2D eigenvalue weighted by atomic mass is 35.5. The highest BCUT2D eigenvalue weighted by Crippen LogP contribution is 2.37. The fraction of sp³-hybridized carbons (Fsp3) is 0.346. The number of aromatic nitrogens is 2.